The topological polar surface area (TPSA) is 47.8 Å². The maximum Gasteiger partial charge on any atom is 0.279 e. The molecule has 0 spiro atoms. The van der Waals surface area contributed by atoms with Gasteiger partial charge in [0.05, 0.1) is 11.9 Å². The Balaban J connectivity index is 1.72. The Kier molecular flexibility index (Phi) is 4.22. The number of fused-ring (bicyclic) bond motifs is 3. The fraction of sp³-hybridized carbons (Fsp3) is 0.476. The quantitative estimate of drug-likeness (QED) is 0.676. The van der Waals surface area contributed by atoms with E-state index in [0.717, 1.165) is 35.0 Å². The van der Waals surface area contributed by atoms with Crippen LogP contribution in [0, 0.1) is 18.3 Å². The maximum absolute atomic E-state index is 13.1. The molecule has 0 saturated heterocycles. The van der Waals surface area contributed by atoms with Crippen molar-refractivity contribution in [2.45, 2.75) is 53.5 Å². The molecule has 0 aliphatic heterocycles. The number of hydrogen-bond acceptors (Lipinski definition) is 4. The summed E-state index contributed by atoms with van der Waals surface area (Å²) in [5.41, 5.74) is 3.81. The Hall–Kier alpha value is -2.01. The van der Waals surface area contributed by atoms with Crippen LogP contribution >= 0.6 is 11.3 Å². The highest BCUT2D eigenvalue weighted by Gasteiger charge is 2.31. The van der Waals surface area contributed by atoms with E-state index in [1.807, 2.05) is 12.1 Å². The molecule has 0 radical (unpaired) electrons. The Morgan fingerprint density at radius 1 is 1.23 bits per heavy atom. The molecule has 0 bridgehead atoms. The van der Waals surface area contributed by atoms with Gasteiger partial charge in [0.2, 0.25) is 0 Å². The third kappa shape index (κ3) is 3.09. The van der Waals surface area contributed by atoms with E-state index in [0.29, 0.717) is 17.9 Å². The van der Waals surface area contributed by atoms with Crippen LogP contribution in [-0.2, 0) is 19.4 Å². The van der Waals surface area contributed by atoms with Gasteiger partial charge in [0, 0.05) is 4.88 Å². The van der Waals surface area contributed by atoms with Gasteiger partial charge in [0.15, 0.2) is 4.83 Å². The molecule has 1 aromatic carbocycles. The molecule has 26 heavy (non-hydrogen) atoms. The molecule has 1 aliphatic carbocycles. The Morgan fingerprint density at radius 3 is 2.65 bits per heavy atom. The Morgan fingerprint density at radius 2 is 1.96 bits per heavy atom. The summed E-state index contributed by atoms with van der Waals surface area (Å²) in [6.45, 7) is 9.46. The van der Waals surface area contributed by atoms with Crippen LogP contribution in [0.5, 0.6) is 0 Å². The smallest absolute Gasteiger partial charge is 0.267 e. The average Bonchev–Trinajstić information content (AvgIpc) is 2.97. The second-order valence-electron chi connectivity index (χ2n) is 8.53. The minimum absolute atomic E-state index is 0.00211. The van der Waals surface area contributed by atoms with Crippen LogP contribution < -0.4 is 5.56 Å². The number of hydrogen-bond donors (Lipinski definition) is 0. The summed E-state index contributed by atoms with van der Waals surface area (Å²) in [5, 5.41) is 9.38. The molecule has 4 nitrogen and oxygen atoms in total. The monoisotopic (exact) mass is 367 g/mol. The van der Waals surface area contributed by atoms with Crippen molar-refractivity contribution < 1.29 is 0 Å². The third-order valence-corrected chi connectivity index (χ3v) is 6.75. The predicted octanol–water partition coefficient (Wildman–Crippen LogP) is 4.36. The summed E-state index contributed by atoms with van der Waals surface area (Å²) < 4.78 is 1.51. The summed E-state index contributed by atoms with van der Waals surface area (Å²) in [4.78, 5) is 15.2. The highest BCUT2D eigenvalue weighted by atomic mass is 32.1. The third-order valence-electron chi connectivity index (χ3n) is 5.62. The van der Waals surface area contributed by atoms with E-state index in [1.165, 1.54) is 20.7 Å². The second kappa shape index (κ2) is 6.31. The Labute approximate surface area is 157 Å². The first kappa shape index (κ1) is 17.4. The highest BCUT2D eigenvalue weighted by molar-refractivity contribution is 7.18. The molecule has 0 fully saturated rings. The molecule has 136 valence electrons. The van der Waals surface area contributed by atoms with E-state index in [9.17, 15) is 4.79 Å². The van der Waals surface area contributed by atoms with Crippen molar-refractivity contribution in [1.82, 2.24) is 15.0 Å². The molecule has 1 aliphatic rings. The average molecular weight is 368 g/mol. The molecule has 0 amide bonds. The zero-order chi connectivity index (χ0) is 18.5. The molecule has 4 rings (SSSR count). The molecule has 1 atom stereocenters. The van der Waals surface area contributed by atoms with Crippen LogP contribution in [0.2, 0.25) is 0 Å². The van der Waals surface area contributed by atoms with Crippen LogP contribution in [0.1, 0.15) is 48.8 Å². The number of nitrogens with zero attached hydrogens (tertiary/aromatic N) is 3. The number of aryl methyl sites for hydroxylation is 2. The van der Waals surface area contributed by atoms with Gasteiger partial charge >= 0.3 is 0 Å². The van der Waals surface area contributed by atoms with Crippen molar-refractivity contribution >= 4 is 21.6 Å². The number of rotatable bonds is 2. The van der Waals surface area contributed by atoms with Crippen LogP contribution in [-0.4, -0.2) is 15.0 Å². The lowest BCUT2D eigenvalue weighted by molar-refractivity contribution is 0.218. The van der Waals surface area contributed by atoms with Gasteiger partial charge in [-0.25, -0.2) is 4.68 Å². The van der Waals surface area contributed by atoms with Crippen molar-refractivity contribution in [2.24, 2.45) is 11.3 Å². The zero-order valence-electron chi connectivity index (χ0n) is 15.9. The standard InChI is InChI=1S/C21H25N3OS/c1-13-5-7-14(8-6-13)12-24-20(25)18-16-10-9-15(21(2,3)4)11-17(16)26-19(18)22-23-24/h5-8,15H,9-12H2,1-4H3/t15-/m0/s1. The highest BCUT2D eigenvalue weighted by Crippen LogP contribution is 2.41. The summed E-state index contributed by atoms with van der Waals surface area (Å²) in [6, 6.07) is 8.21. The Bertz CT molecular complexity index is 1010. The fourth-order valence-corrected chi connectivity index (χ4v) is 5.07. The van der Waals surface area contributed by atoms with E-state index in [4.69, 9.17) is 0 Å². The van der Waals surface area contributed by atoms with Crippen molar-refractivity contribution in [3.63, 3.8) is 0 Å². The van der Waals surface area contributed by atoms with E-state index in [1.54, 1.807) is 11.3 Å². The van der Waals surface area contributed by atoms with Crippen LogP contribution in [0.3, 0.4) is 0 Å². The van der Waals surface area contributed by atoms with Crippen LogP contribution in [0.15, 0.2) is 29.1 Å². The minimum Gasteiger partial charge on any atom is -0.267 e. The normalized spacial score (nSPS) is 17.5. The van der Waals surface area contributed by atoms with Crippen molar-refractivity contribution in [3.8, 4) is 0 Å². The molecular formula is C21H25N3OS. The second-order valence-corrected chi connectivity index (χ2v) is 9.61. The van der Waals surface area contributed by atoms with Gasteiger partial charge < -0.3 is 0 Å². The molecular weight excluding hydrogens is 342 g/mol. The largest absolute Gasteiger partial charge is 0.279 e. The van der Waals surface area contributed by atoms with Crippen molar-refractivity contribution in [1.29, 1.82) is 0 Å². The summed E-state index contributed by atoms with van der Waals surface area (Å²) in [5.74, 6) is 0.658. The van der Waals surface area contributed by atoms with Crippen molar-refractivity contribution in [3.05, 3.63) is 56.2 Å². The first-order valence-electron chi connectivity index (χ1n) is 9.26. The first-order valence-corrected chi connectivity index (χ1v) is 10.1. The number of aromatic nitrogens is 3. The molecule has 2 heterocycles. The van der Waals surface area contributed by atoms with Crippen LogP contribution in [0.25, 0.3) is 10.2 Å². The van der Waals surface area contributed by atoms with E-state index >= 15 is 0 Å². The SMILES string of the molecule is Cc1ccc(Cn2nnc3sc4c(c3c2=O)CC[C@H](C(C)(C)C)C4)cc1. The molecule has 2 aromatic heterocycles. The van der Waals surface area contributed by atoms with Gasteiger partial charge in [-0.3, -0.25) is 4.79 Å². The van der Waals surface area contributed by atoms with Gasteiger partial charge in [0.25, 0.3) is 5.56 Å². The maximum atomic E-state index is 13.1. The number of benzene rings is 1. The summed E-state index contributed by atoms with van der Waals surface area (Å²) in [7, 11) is 0. The van der Waals surface area contributed by atoms with E-state index in [-0.39, 0.29) is 5.56 Å². The van der Waals surface area contributed by atoms with Gasteiger partial charge in [-0.1, -0.05) is 55.8 Å². The lowest BCUT2D eigenvalue weighted by Crippen LogP contribution is -2.28. The van der Waals surface area contributed by atoms with Gasteiger partial charge in [-0.05, 0) is 48.6 Å². The lowest BCUT2D eigenvalue weighted by Gasteiger charge is -2.33. The molecule has 0 N–H and O–H groups in total. The lowest BCUT2D eigenvalue weighted by atomic mass is 9.72. The molecule has 0 unspecified atom stereocenters. The van der Waals surface area contributed by atoms with Crippen LogP contribution in [0.4, 0.5) is 0 Å². The summed E-state index contributed by atoms with van der Waals surface area (Å²) >= 11 is 1.66. The van der Waals surface area contributed by atoms with E-state index < -0.39 is 0 Å². The van der Waals surface area contributed by atoms with Gasteiger partial charge in [0.1, 0.15) is 0 Å². The number of thiophene rings is 1. The fourth-order valence-electron chi connectivity index (χ4n) is 3.84. The summed E-state index contributed by atoms with van der Waals surface area (Å²) in [6.07, 6.45) is 3.17. The molecule has 0 saturated carbocycles. The van der Waals surface area contributed by atoms with Crippen molar-refractivity contribution in [2.75, 3.05) is 0 Å². The zero-order valence-corrected chi connectivity index (χ0v) is 16.7. The molecule has 5 heteroatoms. The first-order chi connectivity index (χ1) is 12.3. The minimum atomic E-state index is 0.00211. The van der Waals surface area contributed by atoms with Gasteiger partial charge in [-0.15, -0.1) is 16.4 Å². The van der Waals surface area contributed by atoms with E-state index in [2.05, 4.69) is 50.1 Å². The predicted molar refractivity (Wildman–Crippen MR) is 107 cm³/mol. The van der Waals surface area contributed by atoms with Gasteiger partial charge in [-0.2, -0.15) is 0 Å². The molecule has 3 aromatic rings.